The van der Waals surface area contributed by atoms with Crippen molar-refractivity contribution >= 4 is 5.91 Å². The van der Waals surface area contributed by atoms with Crippen LogP contribution in [-0.4, -0.2) is 35.3 Å². The molecule has 0 fully saturated rings. The van der Waals surface area contributed by atoms with Crippen LogP contribution in [0.3, 0.4) is 0 Å². The third-order valence-corrected chi connectivity index (χ3v) is 4.79. The van der Waals surface area contributed by atoms with E-state index in [2.05, 4.69) is 46.6 Å². The summed E-state index contributed by atoms with van der Waals surface area (Å²) in [7, 11) is 1.66. The fourth-order valence-corrected chi connectivity index (χ4v) is 3.48. The average Bonchev–Trinajstić information content (AvgIpc) is 3.03. The van der Waals surface area contributed by atoms with Gasteiger partial charge < -0.3 is 10.6 Å². The second-order valence-corrected chi connectivity index (χ2v) is 6.45. The van der Waals surface area contributed by atoms with Gasteiger partial charge in [-0.15, -0.1) is 6.58 Å². The van der Waals surface area contributed by atoms with Crippen molar-refractivity contribution in [3.05, 3.63) is 65.5 Å². The highest BCUT2D eigenvalue weighted by atomic mass is 16.1. The lowest BCUT2D eigenvalue weighted by atomic mass is 9.91. The lowest BCUT2D eigenvalue weighted by molar-refractivity contribution is 0.0956. The molecular formula is C20H26N4O. The molecule has 1 unspecified atom stereocenters. The maximum atomic E-state index is 12.3. The molecule has 0 saturated heterocycles. The lowest BCUT2D eigenvalue weighted by Gasteiger charge is -2.24. The summed E-state index contributed by atoms with van der Waals surface area (Å²) in [6.45, 7) is 5.35. The van der Waals surface area contributed by atoms with Crippen LogP contribution in [0.4, 0.5) is 0 Å². The fourth-order valence-electron chi connectivity index (χ4n) is 3.48. The van der Waals surface area contributed by atoms with Gasteiger partial charge in [-0.25, -0.2) is 0 Å². The van der Waals surface area contributed by atoms with Gasteiger partial charge in [0.05, 0.1) is 0 Å². The van der Waals surface area contributed by atoms with Gasteiger partial charge in [0.1, 0.15) is 0 Å². The number of aromatic nitrogens is 2. The minimum absolute atomic E-state index is 0.0981. The number of nitrogens with zero attached hydrogens (tertiary/aromatic N) is 2. The Balaban J connectivity index is 1.81. The molecule has 5 heteroatoms. The van der Waals surface area contributed by atoms with Gasteiger partial charge in [0, 0.05) is 37.4 Å². The maximum absolute atomic E-state index is 12.3. The first-order chi connectivity index (χ1) is 12.2. The van der Waals surface area contributed by atoms with Crippen LogP contribution in [-0.2, 0) is 25.8 Å². The summed E-state index contributed by atoms with van der Waals surface area (Å²) in [6.07, 6.45) is 5.64. The zero-order chi connectivity index (χ0) is 17.6. The number of hydrogen-bond donors (Lipinski definition) is 2. The molecule has 1 aliphatic rings. The first-order valence-electron chi connectivity index (χ1n) is 8.91. The molecule has 5 nitrogen and oxygen atoms in total. The normalized spacial score (nSPS) is 16.3. The van der Waals surface area contributed by atoms with Gasteiger partial charge in [0.25, 0.3) is 5.91 Å². The Morgan fingerprint density at radius 3 is 2.92 bits per heavy atom. The van der Waals surface area contributed by atoms with Crippen molar-refractivity contribution in [1.82, 2.24) is 20.4 Å². The van der Waals surface area contributed by atoms with Crippen LogP contribution in [0.1, 0.15) is 33.7 Å². The van der Waals surface area contributed by atoms with E-state index in [-0.39, 0.29) is 5.91 Å². The smallest absolute Gasteiger partial charge is 0.271 e. The number of hydrogen-bond acceptors (Lipinski definition) is 3. The fraction of sp³-hybridized carbons (Fsp3) is 0.400. The number of nitrogens with one attached hydrogen (secondary N) is 2. The van der Waals surface area contributed by atoms with Gasteiger partial charge in [-0.3, -0.25) is 9.48 Å². The summed E-state index contributed by atoms with van der Waals surface area (Å²) in [4.78, 5) is 12.3. The first kappa shape index (κ1) is 17.4. The van der Waals surface area contributed by atoms with E-state index in [9.17, 15) is 4.79 Å². The minimum atomic E-state index is -0.0981. The number of rotatable bonds is 7. The lowest BCUT2D eigenvalue weighted by Crippen LogP contribution is -2.35. The minimum Gasteiger partial charge on any atom is -0.354 e. The molecule has 1 amide bonds. The number of carbonyl (C=O) groups excluding carboxylic acids is 1. The van der Waals surface area contributed by atoms with E-state index >= 15 is 0 Å². The van der Waals surface area contributed by atoms with Crippen molar-refractivity contribution in [3.63, 3.8) is 0 Å². The number of aryl methyl sites for hydroxylation is 2. The highest BCUT2D eigenvalue weighted by Crippen LogP contribution is 2.25. The number of amides is 1. The molecule has 2 N–H and O–H groups in total. The van der Waals surface area contributed by atoms with Crippen LogP contribution >= 0.6 is 0 Å². The molecule has 1 atom stereocenters. The van der Waals surface area contributed by atoms with E-state index in [1.165, 1.54) is 11.3 Å². The highest BCUT2D eigenvalue weighted by Gasteiger charge is 2.28. The molecule has 0 radical (unpaired) electrons. The summed E-state index contributed by atoms with van der Waals surface area (Å²) in [5, 5.41) is 10.9. The van der Waals surface area contributed by atoms with Crippen molar-refractivity contribution in [1.29, 1.82) is 0 Å². The van der Waals surface area contributed by atoms with Crippen LogP contribution in [0.5, 0.6) is 0 Å². The molecule has 132 valence electrons. The number of carbonyl (C=O) groups is 1. The molecule has 0 aliphatic heterocycles. The first-order valence-corrected chi connectivity index (χ1v) is 8.91. The van der Waals surface area contributed by atoms with Crippen LogP contribution in [0.15, 0.2) is 43.0 Å². The molecule has 1 aromatic heterocycles. The van der Waals surface area contributed by atoms with Gasteiger partial charge in [0.15, 0.2) is 5.69 Å². The molecule has 1 aromatic carbocycles. The van der Waals surface area contributed by atoms with E-state index in [0.717, 1.165) is 44.3 Å². The molecule has 1 heterocycles. The second kappa shape index (κ2) is 8.12. The third-order valence-electron chi connectivity index (χ3n) is 4.79. The van der Waals surface area contributed by atoms with Crippen molar-refractivity contribution in [2.45, 2.75) is 38.3 Å². The van der Waals surface area contributed by atoms with Crippen LogP contribution in [0.2, 0.25) is 0 Å². The predicted molar refractivity (Wildman–Crippen MR) is 99.8 cm³/mol. The predicted octanol–water partition coefficient (Wildman–Crippen LogP) is 2.12. The monoisotopic (exact) mass is 338 g/mol. The van der Waals surface area contributed by atoms with E-state index < -0.39 is 0 Å². The highest BCUT2D eigenvalue weighted by molar-refractivity contribution is 5.93. The molecule has 3 rings (SSSR count). The van der Waals surface area contributed by atoms with E-state index in [1.807, 2.05) is 16.8 Å². The Kier molecular flexibility index (Phi) is 5.66. The topological polar surface area (TPSA) is 59.0 Å². The third kappa shape index (κ3) is 3.99. The summed E-state index contributed by atoms with van der Waals surface area (Å²) in [5.41, 5.74) is 4.18. The van der Waals surface area contributed by atoms with Gasteiger partial charge in [0.2, 0.25) is 0 Å². The standard InChI is InChI=1S/C20H26N4O/c1-3-12-22-16-9-10-18-17(14-16)19(20(25)21-2)23-24(18)13-11-15-7-5-4-6-8-15/h3-8,16,22H,1,9-14H2,2H3,(H,21,25). The average molecular weight is 338 g/mol. The van der Waals surface area contributed by atoms with Gasteiger partial charge in [-0.1, -0.05) is 36.4 Å². The SMILES string of the molecule is C=CCNC1CCc2c(c(C(=O)NC)nn2CCc2ccccc2)C1. The Labute approximate surface area is 149 Å². The number of benzene rings is 1. The summed E-state index contributed by atoms with van der Waals surface area (Å²) >= 11 is 0. The Morgan fingerprint density at radius 2 is 2.20 bits per heavy atom. The maximum Gasteiger partial charge on any atom is 0.271 e. The zero-order valence-electron chi connectivity index (χ0n) is 14.8. The molecule has 0 bridgehead atoms. The second-order valence-electron chi connectivity index (χ2n) is 6.45. The van der Waals surface area contributed by atoms with E-state index in [0.29, 0.717) is 11.7 Å². The van der Waals surface area contributed by atoms with E-state index in [4.69, 9.17) is 0 Å². The quantitative estimate of drug-likeness (QED) is 0.760. The molecule has 25 heavy (non-hydrogen) atoms. The van der Waals surface area contributed by atoms with Gasteiger partial charge in [-0.2, -0.15) is 5.10 Å². The van der Waals surface area contributed by atoms with E-state index in [1.54, 1.807) is 7.05 Å². The summed E-state index contributed by atoms with van der Waals surface area (Å²) in [6, 6.07) is 10.8. The van der Waals surface area contributed by atoms with Gasteiger partial charge in [-0.05, 0) is 31.2 Å². The van der Waals surface area contributed by atoms with Crippen molar-refractivity contribution < 1.29 is 4.79 Å². The largest absolute Gasteiger partial charge is 0.354 e. The molecule has 0 saturated carbocycles. The zero-order valence-corrected chi connectivity index (χ0v) is 14.8. The summed E-state index contributed by atoms with van der Waals surface area (Å²) in [5.74, 6) is -0.0981. The van der Waals surface area contributed by atoms with Crippen LogP contribution < -0.4 is 10.6 Å². The molecule has 1 aliphatic carbocycles. The van der Waals surface area contributed by atoms with Crippen molar-refractivity contribution in [3.8, 4) is 0 Å². The Bertz CT molecular complexity index is 736. The Morgan fingerprint density at radius 1 is 1.40 bits per heavy atom. The van der Waals surface area contributed by atoms with Gasteiger partial charge >= 0.3 is 0 Å². The van der Waals surface area contributed by atoms with Crippen molar-refractivity contribution in [2.75, 3.05) is 13.6 Å². The summed E-state index contributed by atoms with van der Waals surface area (Å²) < 4.78 is 2.04. The molecule has 2 aromatic rings. The molecule has 0 spiro atoms. The Hall–Kier alpha value is -2.40. The molecular weight excluding hydrogens is 312 g/mol. The number of fused-ring (bicyclic) bond motifs is 1. The van der Waals surface area contributed by atoms with Crippen LogP contribution in [0, 0.1) is 0 Å². The van der Waals surface area contributed by atoms with Crippen LogP contribution in [0.25, 0.3) is 0 Å². The van der Waals surface area contributed by atoms with Crippen molar-refractivity contribution in [2.24, 2.45) is 0 Å².